The predicted octanol–water partition coefficient (Wildman–Crippen LogP) is 0.661. The van der Waals surface area contributed by atoms with Crippen LogP contribution in [0.3, 0.4) is 0 Å². The van der Waals surface area contributed by atoms with Crippen LogP contribution in [0.4, 0.5) is 11.4 Å². The lowest BCUT2D eigenvalue weighted by atomic mass is 10.1. The molecule has 20 heavy (non-hydrogen) atoms. The number of hydrogen-bond donors (Lipinski definition) is 3. The Kier molecular flexibility index (Phi) is 4.12. The van der Waals surface area contributed by atoms with Gasteiger partial charge < -0.3 is 21.3 Å². The second-order valence-corrected chi connectivity index (χ2v) is 5.20. The molecule has 0 bridgehead atoms. The second kappa shape index (κ2) is 5.81. The Labute approximate surface area is 118 Å². The zero-order valence-electron chi connectivity index (χ0n) is 11.8. The first-order chi connectivity index (χ1) is 9.47. The minimum Gasteiger partial charge on any atom is -0.397 e. The molecule has 2 rings (SSSR count). The average Bonchev–Trinajstić information content (AvgIpc) is 3.20. The molecule has 1 fully saturated rings. The number of nitrogen functional groups attached to an aromatic ring is 1. The molecule has 1 saturated carbocycles. The minimum atomic E-state index is -0.102. The molecular weight excluding hydrogens is 256 g/mol. The van der Waals surface area contributed by atoms with E-state index < -0.39 is 0 Å². The molecule has 6 nitrogen and oxygen atoms in total. The van der Waals surface area contributed by atoms with E-state index in [1.165, 1.54) is 4.90 Å². The Bertz CT molecular complexity index is 524. The molecule has 0 atom stereocenters. The first kappa shape index (κ1) is 14.2. The number of nitrogens with two attached hydrogens (primary N) is 1. The van der Waals surface area contributed by atoms with E-state index in [0.717, 1.165) is 12.8 Å². The van der Waals surface area contributed by atoms with Crippen molar-refractivity contribution in [3.63, 3.8) is 0 Å². The molecule has 0 spiro atoms. The van der Waals surface area contributed by atoms with Gasteiger partial charge in [0, 0.05) is 25.7 Å². The monoisotopic (exact) mass is 276 g/mol. The van der Waals surface area contributed by atoms with Crippen LogP contribution in [-0.4, -0.2) is 43.4 Å². The molecule has 0 aliphatic heterocycles. The maximum atomic E-state index is 11.8. The largest absolute Gasteiger partial charge is 0.397 e. The molecule has 0 aromatic heterocycles. The van der Waals surface area contributed by atoms with Crippen LogP contribution in [0, 0.1) is 0 Å². The molecule has 0 unspecified atom stereocenters. The Morgan fingerprint density at radius 3 is 2.60 bits per heavy atom. The molecule has 4 N–H and O–H groups in total. The molecule has 6 heteroatoms. The number of nitrogens with zero attached hydrogens (tertiary/aromatic N) is 1. The highest BCUT2D eigenvalue weighted by Crippen LogP contribution is 2.21. The van der Waals surface area contributed by atoms with Gasteiger partial charge in [0.2, 0.25) is 5.91 Å². The van der Waals surface area contributed by atoms with Crippen LogP contribution in [0.2, 0.25) is 0 Å². The fourth-order valence-electron chi connectivity index (χ4n) is 1.80. The van der Waals surface area contributed by atoms with Crippen LogP contribution in [0.15, 0.2) is 18.2 Å². The summed E-state index contributed by atoms with van der Waals surface area (Å²) in [5.41, 5.74) is 7.54. The van der Waals surface area contributed by atoms with Gasteiger partial charge in [0.05, 0.1) is 17.9 Å². The van der Waals surface area contributed by atoms with E-state index in [1.807, 2.05) is 0 Å². The van der Waals surface area contributed by atoms with Crippen LogP contribution in [0.1, 0.15) is 23.2 Å². The standard InChI is InChI=1S/C14H20N4O2/c1-18(2)14(20)9-3-6-12(11(15)7-9)16-8-13(19)17-10-4-5-10/h3,6-7,10,16H,4-5,8,15H2,1-2H3,(H,17,19). The van der Waals surface area contributed by atoms with Gasteiger partial charge >= 0.3 is 0 Å². The zero-order chi connectivity index (χ0) is 14.7. The first-order valence-corrected chi connectivity index (χ1v) is 6.62. The van der Waals surface area contributed by atoms with Crippen LogP contribution >= 0.6 is 0 Å². The van der Waals surface area contributed by atoms with E-state index in [-0.39, 0.29) is 18.4 Å². The number of amides is 2. The maximum Gasteiger partial charge on any atom is 0.253 e. The number of anilines is 2. The zero-order valence-corrected chi connectivity index (χ0v) is 11.8. The van der Waals surface area contributed by atoms with Gasteiger partial charge in [-0.05, 0) is 31.0 Å². The van der Waals surface area contributed by atoms with Crippen LogP contribution in [-0.2, 0) is 4.79 Å². The Hall–Kier alpha value is -2.24. The molecular formula is C14H20N4O2. The number of rotatable bonds is 5. The van der Waals surface area contributed by atoms with Crippen molar-refractivity contribution in [3.05, 3.63) is 23.8 Å². The average molecular weight is 276 g/mol. The molecule has 1 aliphatic rings. The summed E-state index contributed by atoms with van der Waals surface area (Å²) in [6.07, 6.45) is 2.13. The second-order valence-electron chi connectivity index (χ2n) is 5.20. The summed E-state index contributed by atoms with van der Waals surface area (Å²) in [7, 11) is 3.37. The lowest BCUT2D eigenvalue weighted by Crippen LogP contribution is -2.31. The fourth-order valence-corrected chi connectivity index (χ4v) is 1.80. The van der Waals surface area contributed by atoms with Crippen molar-refractivity contribution < 1.29 is 9.59 Å². The highest BCUT2D eigenvalue weighted by atomic mass is 16.2. The maximum absolute atomic E-state index is 11.8. The molecule has 108 valence electrons. The normalized spacial score (nSPS) is 13.7. The van der Waals surface area contributed by atoms with Gasteiger partial charge in [-0.3, -0.25) is 9.59 Å². The number of carbonyl (C=O) groups is 2. The summed E-state index contributed by atoms with van der Waals surface area (Å²) >= 11 is 0. The summed E-state index contributed by atoms with van der Waals surface area (Å²) < 4.78 is 0. The third-order valence-electron chi connectivity index (χ3n) is 3.09. The molecule has 0 saturated heterocycles. The van der Waals surface area contributed by atoms with Crippen LogP contribution in [0.25, 0.3) is 0 Å². The van der Waals surface area contributed by atoms with E-state index in [4.69, 9.17) is 5.73 Å². The lowest BCUT2D eigenvalue weighted by Gasteiger charge is -2.13. The van der Waals surface area contributed by atoms with Gasteiger partial charge in [0.15, 0.2) is 0 Å². The molecule has 1 aromatic carbocycles. The number of hydrogen-bond acceptors (Lipinski definition) is 4. The summed E-state index contributed by atoms with van der Waals surface area (Å²) in [5.74, 6) is -0.143. The molecule has 2 amide bonds. The number of nitrogens with one attached hydrogen (secondary N) is 2. The van der Waals surface area contributed by atoms with Gasteiger partial charge in [-0.2, -0.15) is 0 Å². The van der Waals surface area contributed by atoms with Gasteiger partial charge in [0.25, 0.3) is 5.91 Å². The summed E-state index contributed by atoms with van der Waals surface area (Å²) in [5, 5.41) is 5.86. The summed E-state index contributed by atoms with van der Waals surface area (Å²) in [4.78, 5) is 24.8. The number of benzene rings is 1. The van der Waals surface area contributed by atoms with Gasteiger partial charge in [-0.1, -0.05) is 0 Å². The highest BCUT2D eigenvalue weighted by Gasteiger charge is 2.22. The van der Waals surface area contributed by atoms with E-state index in [2.05, 4.69) is 10.6 Å². The topological polar surface area (TPSA) is 87.5 Å². The Morgan fingerprint density at radius 2 is 2.05 bits per heavy atom. The third kappa shape index (κ3) is 3.63. The number of carbonyl (C=O) groups excluding carboxylic acids is 2. The molecule has 1 aromatic rings. The predicted molar refractivity (Wildman–Crippen MR) is 78.5 cm³/mol. The smallest absolute Gasteiger partial charge is 0.253 e. The van der Waals surface area contributed by atoms with Crippen LogP contribution < -0.4 is 16.4 Å². The van der Waals surface area contributed by atoms with Crippen molar-refractivity contribution in [2.24, 2.45) is 0 Å². The van der Waals surface area contributed by atoms with E-state index >= 15 is 0 Å². The van der Waals surface area contributed by atoms with Crippen molar-refractivity contribution >= 4 is 23.2 Å². The third-order valence-corrected chi connectivity index (χ3v) is 3.09. The molecule has 0 radical (unpaired) electrons. The van der Waals surface area contributed by atoms with Crippen molar-refractivity contribution in [2.75, 3.05) is 31.7 Å². The SMILES string of the molecule is CN(C)C(=O)c1ccc(NCC(=O)NC2CC2)c(N)c1. The van der Waals surface area contributed by atoms with Crippen molar-refractivity contribution in [3.8, 4) is 0 Å². The van der Waals surface area contributed by atoms with Crippen molar-refractivity contribution in [2.45, 2.75) is 18.9 Å². The quantitative estimate of drug-likeness (QED) is 0.689. The summed E-state index contributed by atoms with van der Waals surface area (Å²) in [6, 6.07) is 5.38. The van der Waals surface area contributed by atoms with E-state index in [1.54, 1.807) is 32.3 Å². The molecule has 0 heterocycles. The van der Waals surface area contributed by atoms with Gasteiger partial charge in [-0.15, -0.1) is 0 Å². The van der Waals surface area contributed by atoms with Crippen molar-refractivity contribution in [1.82, 2.24) is 10.2 Å². The van der Waals surface area contributed by atoms with Crippen LogP contribution in [0.5, 0.6) is 0 Å². The van der Waals surface area contributed by atoms with E-state index in [0.29, 0.717) is 23.0 Å². The van der Waals surface area contributed by atoms with Gasteiger partial charge in [-0.25, -0.2) is 0 Å². The fraction of sp³-hybridized carbons (Fsp3) is 0.429. The first-order valence-electron chi connectivity index (χ1n) is 6.62. The van der Waals surface area contributed by atoms with Crippen molar-refractivity contribution in [1.29, 1.82) is 0 Å². The summed E-state index contributed by atoms with van der Waals surface area (Å²) in [6.45, 7) is 0.182. The Balaban J connectivity index is 1.94. The molecule has 1 aliphatic carbocycles. The van der Waals surface area contributed by atoms with E-state index in [9.17, 15) is 9.59 Å². The highest BCUT2D eigenvalue weighted by molar-refractivity contribution is 5.96. The lowest BCUT2D eigenvalue weighted by molar-refractivity contribution is -0.119. The Morgan fingerprint density at radius 1 is 1.35 bits per heavy atom. The minimum absolute atomic E-state index is 0.0413. The van der Waals surface area contributed by atoms with Gasteiger partial charge in [0.1, 0.15) is 0 Å².